The van der Waals surface area contributed by atoms with Crippen LogP contribution in [-0.2, 0) is 40.6 Å². The molecule has 1 fully saturated rings. The standard InChI is InChI=1S/C18H23N5O.2C2HF3O2/c1-13-3-2-4-15(21-13)11-22-7-8-23-16(9-19-17(23)12-22)10-20-18(24)14-5-6-14;2*3-2(4,5)1(6)7/h2-4,9,14H,5-8,10-12H2,1H3,(H,20,24);2*(H,6,7). The van der Waals surface area contributed by atoms with E-state index in [1.165, 1.54) is 0 Å². The molecule has 0 aromatic carbocycles. The van der Waals surface area contributed by atoms with Crippen LogP contribution in [0.2, 0.25) is 0 Å². The van der Waals surface area contributed by atoms with Crippen LogP contribution in [0.3, 0.4) is 0 Å². The van der Waals surface area contributed by atoms with E-state index in [1.807, 2.05) is 19.2 Å². The summed E-state index contributed by atoms with van der Waals surface area (Å²) in [7, 11) is 0. The minimum Gasteiger partial charge on any atom is -0.475 e. The van der Waals surface area contributed by atoms with Crippen LogP contribution >= 0.6 is 0 Å². The van der Waals surface area contributed by atoms with E-state index < -0.39 is 24.3 Å². The Morgan fingerprint density at radius 1 is 1.03 bits per heavy atom. The molecule has 2 aliphatic rings. The van der Waals surface area contributed by atoms with Crippen molar-refractivity contribution in [1.29, 1.82) is 0 Å². The lowest BCUT2D eigenvalue weighted by molar-refractivity contribution is -0.193. The Morgan fingerprint density at radius 3 is 2.11 bits per heavy atom. The van der Waals surface area contributed by atoms with Gasteiger partial charge in [-0.05, 0) is 31.9 Å². The number of aryl methyl sites for hydroxylation is 1. The van der Waals surface area contributed by atoms with Crippen molar-refractivity contribution in [1.82, 2.24) is 24.8 Å². The summed E-state index contributed by atoms with van der Waals surface area (Å²) >= 11 is 0. The third-order valence-electron chi connectivity index (χ3n) is 5.23. The Kier molecular flexibility index (Phi) is 10.2. The van der Waals surface area contributed by atoms with Crippen LogP contribution in [0.1, 0.15) is 35.7 Å². The van der Waals surface area contributed by atoms with Crippen molar-refractivity contribution in [2.45, 2.75) is 58.3 Å². The van der Waals surface area contributed by atoms with Gasteiger partial charge in [-0.2, -0.15) is 26.3 Å². The van der Waals surface area contributed by atoms with E-state index in [1.54, 1.807) is 0 Å². The highest BCUT2D eigenvalue weighted by molar-refractivity contribution is 5.80. The molecule has 1 saturated carbocycles. The number of fused-ring (bicyclic) bond motifs is 1. The number of halogens is 6. The maximum atomic E-state index is 11.8. The highest BCUT2D eigenvalue weighted by Crippen LogP contribution is 2.29. The van der Waals surface area contributed by atoms with Gasteiger partial charge in [0.05, 0.1) is 30.7 Å². The number of carbonyl (C=O) groups is 3. The molecular formula is C22H25F6N5O5. The zero-order chi connectivity index (χ0) is 28.7. The molecule has 3 N–H and O–H groups in total. The monoisotopic (exact) mass is 553 g/mol. The number of carbonyl (C=O) groups excluding carboxylic acids is 1. The summed E-state index contributed by atoms with van der Waals surface area (Å²) in [6.45, 7) is 6.17. The van der Waals surface area contributed by atoms with Gasteiger partial charge in [-0.25, -0.2) is 14.6 Å². The fourth-order valence-electron chi connectivity index (χ4n) is 3.23. The van der Waals surface area contributed by atoms with E-state index in [4.69, 9.17) is 19.8 Å². The van der Waals surface area contributed by atoms with Gasteiger partial charge in [0, 0.05) is 31.2 Å². The number of amides is 1. The molecule has 0 unspecified atom stereocenters. The number of aliphatic carboxylic acids is 2. The largest absolute Gasteiger partial charge is 0.490 e. The Bertz CT molecular complexity index is 1110. The molecular weight excluding hydrogens is 528 g/mol. The van der Waals surface area contributed by atoms with Crippen LogP contribution in [0.4, 0.5) is 26.3 Å². The highest BCUT2D eigenvalue weighted by Gasteiger charge is 2.39. The fraction of sp³-hybridized carbons (Fsp3) is 0.500. The number of hydrogen-bond donors (Lipinski definition) is 3. The number of rotatable bonds is 5. The molecule has 210 valence electrons. The molecule has 3 heterocycles. The quantitative estimate of drug-likeness (QED) is 0.481. The lowest BCUT2D eigenvalue weighted by atomic mass is 10.2. The Balaban J connectivity index is 0.000000301. The first-order valence-corrected chi connectivity index (χ1v) is 11.1. The molecule has 2 aromatic rings. The van der Waals surface area contributed by atoms with E-state index in [0.717, 1.165) is 61.9 Å². The molecule has 10 nitrogen and oxygen atoms in total. The molecule has 0 atom stereocenters. The number of carboxylic acids is 2. The first-order chi connectivity index (χ1) is 17.6. The molecule has 4 rings (SSSR count). The number of carboxylic acid groups (broad SMARTS) is 2. The summed E-state index contributed by atoms with van der Waals surface area (Å²) in [6.07, 6.45) is -6.19. The maximum Gasteiger partial charge on any atom is 0.490 e. The molecule has 0 spiro atoms. The van der Waals surface area contributed by atoms with Crippen molar-refractivity contribution in [2.75, 3.05) is 6.54 Å². The second kappa shape index (κ2) is 12.7. The lowest BCUT2D eigenvalue weighted by Crippen LogP contribution is -2.35. The molecule has 0 radical (unpaired) electrons. The zero-order valence-corrected chi connectivity index (χ0v) is 20.0. The average Bonchev–Trinajstić information content (AvgIpc) is 3.58. The molecule has 38 heavy (non-hydrogen) atoms. The molecule has 1 amide bonds. The third kappa shape index (κ3) is 9.99. The number of hydrogen-bond acceptors (Lipinski definition) is 6. The van der Waals surface area contributed by atoms with Gasteiger partial charge in [0.15, 0.2) is 0 Å². The SMILES string of the molecule is Cc1cccc(CN2CCn3c(CNC(=O)C4CC4)cnc3C2)n1.O=C(O)C(F)(F)F.O=C(O)C(F)(F)F. The van der Waals surface area contributed by atoms with Gasteiger partial charge in [0.25, 0.3) is 0 Å². The minimum atomic E-state index is -5.08. The maximum absolute atomic E-state index is 11.8. The van der Waals surface area contributed by atoms with Crippen LogP contribution in [0.5, 0.6) is 0 Å². The summed E-state index contributed by atoms with van der Waals surface area (Å²) in [6, 6.07) is 6.16. The summed E-state index contributed by atoms with van der Waals surface area (Å²) < 4.78 is 65.7. The normalized spacial score (nSPS) is 15.2. The van der Waals surface area contributed by atoms with Gasteiger partial charge in [0.1, 0.15) is 5.82 Å². The zero-order valence-electron chi connectivity index (χ0n) is 20.0. The smallest absolute Gasteiger partial charge is 0.475 e. The second-order valence-electron chi connectivity index (χ2n) is 8.40. The first kappa shape index (κ1) is 30.5. The fourth-order valence-corrected chi connectivity index (χ4v) is 3.23. The van der Waals surface area contributed by atoms with Crippen LogP contribution in [0.15, 0.2) is 24.4 Å². The molecule has 16 heteroatoms. The molecule has 1 aliphatic carbocycles. The van der Waals surface area contributed by atoms with Gasteiger partial charge in [-0.3, -0.25) is 14.7 Å². The highest BCUT2D eigenvalue weighted by atomic mass is 19.4. The Morgan fingerprint density at radius 2 is 1.61 bits per heavy atom. The predicted octanol–water partition coefficient (Wildman–Crippen LogP) is 2.90. The van der Waals surface area contributed by atoms with Crippen LogP contribution in [0.25, 0.3) is 0 Å². The first-order valence-electron chi connectivity index (χ1n) is 11.1. The number of aromatic nitrogens is 3. The van der Waals surface area contributed by atoms with E-state index >= 15 is 0 Å². The van der Waals surface area contributed by atoms with Crippen molar-refractivity contribution in [2.24, 2.45) is 5.92 Å². The third-order valence-corrected chi connectivity index (χ3v) is 5.23. The Hall–Kier alpha value is -3.69. The van der Waals surface area contributed by atoms with Crippen molar-refractivity contribution in [3.63, 3.8) is 0 Å². The van der Waals surface area contributed by atoms with Gasteiger partial charge < -0.3 is 20.1 Å². The Labute approximate surface area is 212 Å². The lowest BCUT2D eigenvalue weighted by Gasteiger charge is -2.28. The minimum absolute atomic E-state index is 0.188. The molecule has 0 bridgehead atoms. The van der Waals surface area contributed by atoms with Crippen LogP contribution in [0, 0.1) is 12.8 Å². The van der Waals surface area contributed by atoms with Gasteiger partial charge in [-0.15, -0.1) is 0 Å². The molecule has 2 aromatic heterocycles. The van der Waals surface area contributed by atoms with E-state index in [2.05, 4.69) is 36.9 Å². The number of pyridine rings is 1. The summed E-state index contributed by atoms with van der Waals surface area (Å²) in [5, 5.41) is 17.3. The second-order valence-corrected chi connectivity index (χ2v) is 8.40. The van der Waals surface area contributed by atoms with Gasteiger partial charge in [0.2, 0.25) is 5.91 Å². The topological polar surface area (TPSA) is 138 Å². The number of imidazole rings is 1. The van der Waals surface area contributed by atoms with Crippen molar-refractivity contribution in [3.8, 4) is 0 Å². The van der Waals surface area contributed by atoms with Gasteiger partial charge >= 0.3 is 24.3 Å². The van der Waals surface area contributed by atoms with Crippen molar-refractivity contribution >= 4 is 17.8 Å². The summed E-state index contributed by atoms with van der Waals surface area (Å²) in [5.41, 5.74) is 3.26. The summed E-state index contributed by atoms with van der Waals surface area (Å²) in [5.74, 6) is -4.00. The van der Waals surface area contributed by atoms with Crippen molar-refractivity contribution in [3.05, 3.63) is 47.3 Å². The van der Waals surface area contributed by atoms with Crippen molar-refractivity contribution < 1.29 is 50.9 Å². The van der Waals surface area contributed by atoms with E-state index in [0.29, 0.717) is 6.54 Å². The number of alkyl halides is 6. The van der Waals surface area contributed by atoms with Crippen LogP contribution in [-0.4, -0.2) is 66.4 Å². The van der Waals surface area contributed by atoms with E-state index in [9.17, 15) is 31.1 Å². The van der Waals surface area contributed by atoms with Crippen LogP contribution < -0.4 is 5.32 Å². The van der Waals surface area contributed by atoms with Gasteiger partial charge in [-0.1, -0.05) is 6.07 Å². The average molecular weight is 553 g/mol. The number of nitrogens with one attached hydrogen (secondary N) is 1. The summed E-state index contributed by atoms with van der Waals surface area (Å²) in [4.78, 5) is 41.1. The molecule has 1 aliphatic heterocycles. The molecule has 0 saturated heterocycles. The number of nitrogens with zero attached hydrogens (tertiary/aromatic N) is 4. The van der Waals surface area contributed by atoms with E-state index in [-0.39, 0.29) is 11.8 Å². The predicted molar refractivity (Wildman–Crippen MR) is 117 cm³/mol.